The normalized spacial score (nSPS) is 18.1. The Bertz CT molecular complexity index is 1530. The van der Waals surface area contributed by atoms with Crippen molar-refractivity contribution in [2.24, 2.45) is 4.99 Å². The van der Waals surface area contributed by atoms with Gasteiger partial charge >= 0.3 is 0 Å². The largest absolute Gasteiger partial charge is 0.506 e. The van der Waals surface area contributed by atoms with Gasteiger partial charge in [-0.25, -0.2) is 22.5 Å². The van der Waals surface area contributed by atoms with E-state index in [1.54, 1.807) is 36.4 Å². The van der Waals surface area contributed by atoms with Crippen LogP contribution in [-0.2, 0) is 27.5 Å². The molecule has 2 atom stereocenters. The fraction of sp³-hybridized carbons (Fsp3) is 0.120. The number of phenolic OH excluding ortho intramolecular Hbond substituents is 1. The molecule has 1 N–H and O–H groups in total. The average molecular weight is 677 g/mol. The zero-order chi connectivity index (χ0) is 23.6. The Morgan fingerprint density at radius 3 is 2.54 bits per heavy atom. The Morgan fingerprint density at radius 1 is 0.943 bits per heavy atom. The summed E-state index contributed by atoms with van der Waals surface area (Å²) in [6.07, 6.45) is -0.0167. The fourth-order valence-corrected chi connectivity index (χ4v) is 5.66. The molecule has 2 heterocycles. The van der Waals surface area contributed by atoms with Gasteiger partial charge in [0, 0.05) is 54.4 Å². The van der Waals surface area contributed by atoms with Crippen molar-refractivity contribution in [3.63, 3.8) is 0 Å². The third kappa shape index (κ3) is 3.91. The first-order chi connectivity index (χ1) is 16.4. The van der Waals surface area contributed by atoms with Gasteiger partial charge in [-0.1, -0.05) is 18.2 Å². The zero-order valence-electron chi connectivity index (χ0n) is 17.5. The number of ether oxygens (including phenoxy) is 1. The van der Waals surface area contributed by atoms with E-state index in [1.165, 1.54) is 6.07 Å². The summed E-state index contributed by atoms with van der Waals surface area (Å²) in [5.41, 5.74) is 0.632. The molecule has 1 aliphatic carbocycles. The summed E-state index contributed by atoms with van der Waals surface area (Å²) in [6.45, 7) is 0. The topological polar surface area (TPSA) is 54.7 Å². The summed E-state index contributed by atoms with van der Waals surface area (Å²) in [4.78, 5) is 8.87. The third-order valence-corrected chi connectivity index (χ3v) is 7.21. The number of hydrogen-bond acceptors (Lipinski definition) is 5. The van der Waals surface area contributed by atoms with Crippen molar-refractivity contribution >= 4 is 27.7 Å². The van der Waals surface area contributed by atoms with Gasteiger partial charge in [-0.15, -0.1) is 35.5 Å². The van der Waals surface area contributed by atoms with Gasteiger partial charge in [-0.05, 0) is 18.6 Å². The third-order valence-electron chi connectivity index (χ3n) is 5.86. The predicted molar refractivity (Wildman–Crippen MR) is 119 cm³/mol. The molecule has 1 aromatic heterocycles. The maximum atomic E-state index is 14.5. The minimum Gasteiger partial charge on any atom is -0.506 e. The molecule has 6 rings (SSSR count). The molecule has 2 aliphatic rings. The summed E-state index contributed by atoms with van der Waals surface area (Å²) in [5, 5.41) is 10.6. The van der Waals surface area contributed by atoms with Crippen molar-refractivity contribution in [2.75, 3.05) is 0 Å². The molecule has 0 spiro atoms. The molecule has 3 aromatic carbocycles. The summed E-state index contributed by atoms with van der Waals surface area (Å²) in [5.74, 6) is -5.69. The van der Waals surface area contributed by atoms with Gasteiger partial charge in [-0.2, -0.15) is 0 Å². The smallest absolute Gasteiger partial charge is 0.217 e. The van der Waals surface area contributed by atoms with Crippen LogP contribution in [0.2, 0.25) is 0 Å². The van der Waals surface area contributed by atoms with Gasteiger partial charge in [0.05, 0.1) is 11.3 Å². The van der Waals surface area contributed by atoms with E-state index in [0.717, 1.165) is 17.1 Å². The number of fused-ring (bicyclic) bond motifs is 4. The van der Waals surface area contributed by atoms with Crippen LogP contribution in [-0.4, -0.2) is 21.2 Å². The van der Waals surface area contributed by atoms with E-state index in [1.807, 2.05) is 6.07 Å². The molecule has 0 saturated heterocycles. The predicted octanol–water partition coefficient (Wildman–Crippen LogP) is 6.25. The number of phenols is 1. The number of nitrogens with zero attached hydrogens (tertiary/aromatic N) is 2. The van der Waals surface area contributed by atoms with Crippen molar-refractivity contribution < 1.29 is 48.5 Å². The van der Waals surface area contributed by atoms with Crippen LogP contribution in [0.3, 0.4) is 0 Å². The molecule has 0 fully saturated rings. The van der Waals surface area contributed by atoms with E-state index >= 15 is 0 Å². The molecule has 0 radical (unpaired) electrons. The number of pyridine rings is 1. The van der Waals surface area contributed by atoms with Gasteiger partial charge in [-0.3, -0.25) is 0 Å². The Labute approximate surface area is 215 Å². The quantitative estimate of drug-likeness (QED) is 0.121. The Kier molecular flexibility index (Phi) is 6.09. The molecule has 180 valence electrons. The van der Waals surface area contributed by atoms with Crippen LogP contribution in [0.5, 0.6) is 17.4 Å². The fourth-order valence-electron chi connectivity index (χ4n) is 4.30. The second kappa shape index (κ2) is 8.95. The van der Waals surface area contributed by atoms with Crippen LogP contribution >= 0.6 is 11.8 Å². The molecular weight excluding hydrogens is 663 g/mol. The molecule has 4 nitrogen and oxygen atoms in total. The van der Waals surface area contributed by atoms with Crippen molar-refractivity contribution in [1.29, 1.82) is 0 Å². The average Bonchev–Trinajstić information content (AvgIpc) is 3.41. The molecule has 0 bridgehead atoms. The molecule has 0 unspecified atom stereocenters. The number of aromatic hydroxyl groups is 1. The van der Waals surface area contributed by atoms with Crippen LogP contribution in [0.4, 0.5) is 17.6 Å². The SMILES string of the molecule is Oc1cccc2ccc(Oc3[c-]c(C4=N[C@H]5Cc6c(F)c(F)c(F)c(F)c6[C@H]5S4)ccc3)nc12.[Pt]. The Morgan fingerprint density at radius 2 is 1.71 bits per heavy atom. The molecular formula is C25H13F4N2O2PtS-. The monoisotopic (exact) mass is 676 g/mol. The summed E-state index contributed by atoms with van der Waals surface area (Å²) < 4.78 is 61.9. The van der Waals surface area contributed by atoms with Gasteiger partial charge in [0.2, 0.25) is 5.88 Å². The summed E-state index contributed by atoms with van der Waals surface area (Å²) in [6, 6.07) is 16.2. The molecule has 4 aromatic rings. The van der Waals surface area contributed by atoms with E-state index in [0.29, 0.717) is 21.9 Å². The molecule has 0 saturated carbocycles. The summed E-state index contributed by atoms with van der Waals surface area (Å²) in [7, 11) is 0. The van der Waals surface area contributed by atoms with E-state index < -0.39 is 34.6 Å². The molecule has 0 amide bonds. The van der Waals surface area contributed by atoms with Gasteiger partial charge in [0.1, 0.15) is 11.3 Å². The second-order valence-corrected chi connectivity index (χ2v) is 9.05. The van der Waals surface area contributed by atoms with Crippen molar-refractivity contribution in [2.45, 2.75) is 17.7 Å². The number of benzene rings is 3. The molecule has 10 heteroatoms. The number of halogens is 4. The van der Waals surface area contributed by atoms with Gasteiger partial charge < -0.3 is 14.8 Å². The number of rotatable bonds is 3. The van der Waals surface area contributed by atoms with Crippen LogP contribution in [0.1, 0.15) is 21.9 Å². The van der Waals surface area contributed by atoms with Crippen molar-refractivity contribution in [3.05, 3.63) is 94.6 Å². The number of hydrogen-bond donors (Lipinski definition) is 1. The Balaban J connectivity index is 0.00000253. The first-order valence-corrected chi connectivity index (χ1v) is 11.2. The summed E-state index contributed by atoms with van der Waals surface area (Å²) >= 11 is 1.15. The van der Waals surface area contributed by atoms with Crippen molar-refractivity contribution in [1.82, 2.24) is 4.98 Å². The number of thioether (sulfide) groups is 1. The van der Waals surface area contributed by atoms with Crippen LogP contribution in [0, 0.1) is 29.3 Å². The number of aliphatic imine (C=N–C) groups is 1. The van der Waals surface area contributed by atoms with Crippen LogP contribution < -0.4 is 4.74 Å². The molecule has 1 aliphatic heterocycles. The minimum atomic E-state index is -1.80. The maximum Gasteiger partial charge on any atom is 0.217 e. The van der Waals surface area contributed by atoms with E-state index in [-0.39, 0.29) is 50.2 Å². The number of aromatic nitrogens is 1. The van der Waals surface area contributed by atoms with E-state index in [9.17, 15) is 22.7 Å². The van der Waals surface area contributed by atoms with Gasteiger partial charge in [0.25, 0.3) is 0 Å². The minimum absolute atomic E-state index is 0. The number of para-hydroxylation sites is 1. The van der Waals surface area contributed by atoms with Crippen LogP contribution in [0.25, 0.3) is 10.9 Å². The Hall–Kier alpha value is -2.90. The standard InChI is InChI=1S/C25H13F4N2O2S.Pt/c26-19-14-10-15-24(18(14)20(27)22(29)21(19)28)34-25(30-15)12-4-1-5-13(9-12)33-17-8-7-11-3-2-6-16(32)23(11)31-17;/h1-8,15,24,32H,10H2;/q-1;/t15-,24-;/m0./s1. The first kappa shape index (κ1) is 23.8. The van der Waals surface area contributed by atoms with E-state index in [4.69, 9.17) is 4.74 Å². The van der Waals surface area contributed by atoms with E-state index in [2.05, 4.69) is 16.0 Å². The molecule has 35 heavy (non-hydrogen) atoms. The second-order valence-electron chi connectivity index (χ2n) is 7.92. The zero-order valence-corrected chi connectivity index (χ0v) is 20.6. The first-order valence-electron chi connectivity index (χ1n) is 10.3. The maximum absolute atomic E-state index is 14.5. The van der Waals surface area contributed by atoms with Crippen LogP contribution in [0.15, 0.2) is 53.5 Å². The van der Waals surface area contributed by atoms with Gasteiger partial charge in [0.15, 0.2) is 23.3 Å². The van der Waals surface area contributed by atoms with Crippen molar-refractivity contribution in [3.8, 4) is 17.4 Å².